The van der Waals surface area contributed by atoms with Gasteiger partial charge in [0.2, 0.25) is 0 Å². The number of nitrogens with one attached hydrogen (secondary N) is 2. The second-order valence-electron chi connectivity index (χ2n) is 6.20. The van der Waals surface area contributed by atoms with Gasteiger partial charge in [-0.05, 0) is 50.3 Å². The lowest BCUT2D eigenvalue weighted by Gasteiger charge is -2.32. The minimum atomic E-state index is -0.141. The molecule has 1 saturated heterocycles. The largest absolute Gasteiger partial charge is 0.324 e. The fourth-order valence-corrected chi connectivity index (χ4v) is 3.50. The molecule has 2 aromatic rings. The summed E-state index contributed by atoms with van der Waals surface area (Å²) in [6.07, 6.45) is 3.85. The van der Waals surface area contributed by atoms with Crippen molar-refractivity contribution < 1.29 is 4.79 Å². The van der Waals surface area contributed by atoms with E-state index >= 15 is 0 Å². The summed E-state index contributed by atoms with van der Waals surface area (Å²) in [5.41, 5.74) is 1.41. The number of aryl methyl sites for hydroxylation is 1. The molecule has 0 spiro atoms. The van der Waals surface area contributed by atoms with Gasteiger partial charge in [0.05, 0.1) is 5.69 Å². The number of benzene rings is 1. The molecule has 2 amide bonds. The van der Waals surface area contributed by atoms with Crippen LogP contribution < -0.4 is 10.9 Å². The highest BCUT2D eigenvalue weighted by Crippen LogP contribution is 2.25. The molecule has 1 fully saturated rings. The van der Waals surface area contributed by atoms with Gasteiger partial charge in [0.25, 0.3) is 5.56 Å². The number of carbonyl (C=O) groups is 1. The minimum absolute atomic E-state index is 0.0966. The quantitative estimate of drug-likeness (QED) is 0.826. The first-order valence-corrected chi connectivity index (χ1v) is 9.55. The van der Waals surface area contributed by atoms with Crippen LogP contribution in [0.4, 0.5) is 10.5 Å². The number of hydrogen-bond acceptors (Lipinski definition) is 4. The number of thioether (sulfide) groups is 1. The Morgan fingerprint density at radius 3 is 2.80 bits per heavy atom. The van der Waals surface area contributed by atoms with Crippen molar-refractivity contribution in [3.8, 4) is 0 Å². The van der Waals surface area contributed by atoms with Gasteiger partial charge in [-0.15, -0.1) is 11.8 Å². The molecular weight excluding hydrogens is 336 g/mol. The minimum Gasteiger partial charge on any atom is -0.324 e. The van der Waals surface area contributed by atoms with Crippen LogP contribution >= 0.6 is 11.8 Å². The molecule has 132 valence electrons. The molecule has 1 aromatic heterocycles. The number of carbonyl (C=O) groups excluding carboxylic acids is 1. The molecule has 1 unspecified atom stereocenters. The molecular formula is C18H22N4O2S. The molecule has 0 radical (unpaired) electrons. The average molecular weight is 358 g/mol. The highest BCUT2D eigenvalue weighted by atomic mass is 32.2. The summed E-state index contributed by atoms with van der Waals surface area (Å²) in [5, 5.41) is 2.95. The monoisotopic (exact) mass is 358 g/mol. The topological polar surface area (TPSA) is 78.1 Å². The van der Waals surface area contributed by atoms with Gasteiger partial charge in [-0.1, -0.05) is 0 Å². The van der Waals surface area contributed by atoms with Crippen molar-refractivity contribution in [3.05, 3.63) is 52.2 Å². The molecule has 2 N–H and O–H groups in total. The van der Waals surface area contributed by atoms with Crippen LogP contribution in [0.15, 0.2) is 40.0 Å². The van der Waals surface area contributed by atoms with Gasteiger partial charge >= 0.3 is 6.03 Å². The number of aromatic nitrogens is 2. The van der Waals surface area contributed by atoms with Crippen molar-refractivity contribution in [2.75, 3.05) is 24.7 Å². The fraction of sp³-hybridized carbons (Fsp3) is 0.389. The lowest BCUT2D eigenvalue weighted by molar-refractivity contribution is 0.192. The van der Waals surface area contributed by atoms with Gasteiger partial charge in [-0.25, -0.2) is 9.78 Å². The molecule has 2 heterocycles. The molecule has 0 bridgehead atoms. The van der Waals surface area contributed by atoms with Crippen molar-refractivity contribution in [2.24, 2.45) is 0 Å². The second kappa shape index (κ2) is 7.74. The Bertz CT molecular complexity index is 803. The zero-order valence-corrected chi connectivity index (χ0v) is 15.2. The van der Waals surface area contributed by atoms with E-state index in [0.717, 1.165) is 29.1 Å². The zero-order chi connectivity index (χ0) is 17.8. The van der Waals surface area contributed by atoms with Gasteiger partial charge < -0.3 is 15.2 Å². The normalized spacial score (nSPS) is 17.4. The van der Waals surface area contributed by atoms with E-state index in [9.17, 15) is 9.59 Å². The molecule has 7 heteroatoms. The van der Waals surface area contributed by atoms with E-state index in [2.05, 4.69) is 15.3 Å². The number of anilines is 1. The summed E-state index contributed by atoms with van der Waals surface area (Å²) >= 11 is 1.67. The predicted octanol–water partition coefficient (Wildman–Crippen LogP) is 3.21. The van der Waals surface area contributed by atoms with E-state index in [1.807, 2.05) is 30.5 Å². The van der Waals surface area contributed by atoms with E-state index in [0.29, 0.717) is 18.9 Å². The first kappa shape index (κ1) is 17.5. The van der Waals surface area contributed by atoms with E-state index in [1.54, 1.807) is 29.7 Å². The van der Waals surface area contributed by atoms with Crippen LogP contribution in [-0.2, 0) is 0 Å². The van der Waals surface area contributed by atoms with Crippen molar-refractivity contribution in [1.29, 1.82) is 0 Å². The van der Waals surface area contributed by atoms with Crippen LogP contribution in [0, 0.1) is 6.92 Å². The number of piperidine rings is 1. The first-order chi connectivity index (χ1) is 12.0. The van der Waals surface area contributed by atoms with Crippen molar-refractivity contribution in [2.45, 2.75) is 30.6 Å². The van der Waals surface area contributed by atoms with Crippen molar-refractivity contribution in [3.63, 3.8) is 0 Å². The predicted molar refractivity (Wildman–Crippen MR) is 100 cm³/mol. The Balaban J connectivity index is 1.67. The lowest BCUT2D eigenvalue weighted by Crippen LogP contribution is -2.42. The van der Waals surface area contributed by atoms with Crippen molar-refractivity contribution >= 4 is 23.5 Å². The third-order valence-electron chi connectivity index (χ3n) is 4.35. The fourth-order valence-electron chi connectivity index (χ4n) is 3.09. The zero-order valence-electron chi connectivity index (χ0n) is 14.4. The summed E-state index contributed by atoms with van der Waals surface area (Å²) in [4.78, 5) is 34.3. The maximum absolute atomic E-state index is 12.6. The van der Waals surface area contributed by atoms with E-state index < -0.39 is 0 Å². The Morgan fingerprint density at radius 2 is 2.12 bits per heavy atom. The maximum atomic E-state index is 12.6. The lowest BCUT2D eigenvalue weighted by atomic mass is 9.94. The number of hydrogen-bond donors (Lipinski definition) is 2. The summed E-state index contributed by atoms with van der Waals surface area (Å²) in [7, 11) is 0. The van der Waals surface area contributed by atoms with E-state index in [4.69, 9.17) is 0 Å². The number of likely N-dealkylation sites (tertiary alicyclic amines) is 1. The summed E-state index contributed by atoms with van der Waals surface area (Å²) in [6, 6.07) is 9.23. The third kappa shape index (κ3) is 4.42. The van der Waals surface area contributed by atoms with Gasteiger partial charge in [0.15, 0.2) is 0 Å². The molecule has 0 aliphatic carbocycles. The Kier molecular flexibility index (Phi) is 5.43. The van der Waals surface area contributed by atoms with Crippen LogP contribution in [0.2, 0.25) is 0 Å². The van der Waals surface area contributed by atoms with Crippen LogP contribution in [0.1, 0.15) is 30.3 Å². The van der Waals surface area contributed by atoms with Crippen molar-refractivity contribution in [1.82, 2.24) is 14.9 Å². The Hall–Kier alpha value is -2.28. The van der Waals surface area contributed by atoms with E-state index in [1.165, 1.54) is 0 Å². The van der Waals surface area contributed by atoms with Gasteiger partial charge in [-0.2, -0.15) is 0 Å². The van der Waals surface area contributed by atoms with Crippen LogP contribution in [0.3, 0.4) is 0 Å². The second-order valence-corrected chi connectivity index (χ2v) is 7.08. The molecule has 3 rings (SSSR count). The van der Waals surface area contributed by atoms with Gasteiger partial charge in [0.1, 0.15) is 5.82 Å². The highest BCUT2D eigenvalue weighted by molar-refractivity contribution is 7.98. The van der Waals surface area contributed by atoms with Crippen LogP contribution in [0.25, 0.3) is 0 Å². The standard InChI is InChI=1S/C18H22N4O2S/c1-12-19-16(10-17(23)20-12)13-4-3-9-22(11-13)18(24)21-14-5-7-15(25-2)8-6-14/h5-8,10,13H,3-4,9,11H2,1-2H3,(H,21,24)(H,19,20,23). The van der Waals surface area contributed by atoms with Crippen LogP contribution in [-0.4, -0.2) is 40.2 Å². The number of urea groups is 1. The smallest absolute Gasteiger partial charge is 0.321 e. The Labute approximate surface area is 151 Å². The summed E-state index contributed by atoms with van der Waals surface area (Å²) in [5.74, 6) is 0.706. The molecule has 6 nitrogen and oxygen atoms in total. The maximum Gasteiger partial charge on any atom is 0.321 e. The molecule has 0 saturated carbocycles. The number of aromatic amines is 1. The Morgan fingerprint density at radius 1 is 1.36 bits per heavy atom. The molecule has 1 aliphatic heterocycles. The number of H-pyrrole nitrogens is 1. The SMILES string of the molecule is CSc1ccc(NC(=O)N2CCCC(c3cc(=O)[nH]c(C)n3)C2)cc1. The van der Waals surface area contributed by atoms with Gasteiger partial charge in [-0.3, -0.25) is 4.79 Å². The molecule has 25 heavy (non-hydrogen) atoms. The summed E-state index contributed by atoms with van der Waals surface area (Å²) < 4.78 is 0. The van der Waals surface area contributed by atoms with Crippen LogP contribution in [0.5, 0.6) is 0 Å². The first-order valence-electron chi connectivity index (χ1n) is 8.33. The third-order valence-corrected chi connectivity index (χ3v) is 5.09. The number of amides is 2. The average Bonchev–Trinajstić information content (AvgIpc) is 2.61. The summed E-state index contributed by atoms with van der Waals surface area (Å²) in [6.45, 7) is 3.06. The molecule has 1 aliphatic rings. The molecule has 1 atom stereocenters. The molecule has 1 aromatic carbocycles. The van der Waals surface area contributed by atoms with Gasteiger partial charge in [0, 0.05) is 35.7 Å². The highest BCUT2D eigenvalue weighted by Gasteiger charge is 2.26. The number of nitrogens with zero attached hydrogens (tertiary/aromatic N) is 2. The number of rotatable bonds is 3. The van der Waals surface area contributed by atoms with E-state index in [-0.39, 0.29) is 17.5 Å².